The van der Waals surface area contributed by atoms with Gasteiger partial charge in [0.25, 0.3) is 0 Å². The zero-order valence-corrected chi connectivity index (χ0v) is 10.0. The van der Waals surface area contributed by atoms with Crippen LogP contribution in [0.2, 0.25) is 0 Å². The zero-order valence-electron chi connectivity index (χ0n) is 10.0. The van der Waals surface area contributed by atoms with Gasteiger partial charge in [-0.05, 0) is 25.2 Å². The number of amides is 1. The molecule has 0 aromatic carbocycles. The van der Waals surface area contributed by atoms with Crippen LogP contribution in [0.4, 0.5) is 4.79 Å². The number of ether oxygens (including phenoxy) is 1. The largest absolute Gasteiger partial charge is 0.449 e. The van der Waals surface area contributed by atoms with E-state index >= 15 is 0 Å². The molecule has 0 heterocycles. The number of carbonyl (C=O) groups is 1. The molecule has 0 unspecified atom stereocenters. The molecular formula is C11H23NO3. The molecule has 0 aromatic rings. The molecule has 0 atom stereocenters. The van der Waals surface area contributed by atoms with Crippen LogP contribution >= 0.6 is 0 Å². The molecule has 4 heteroatoms. The highest BCUT2D eigenvalue weighted by Crippen LogP contribution is 2.00. The van der Waals surface area contributed by atoms with Gasteiger partial charge in [0.05, 0.1) is 6.61 Å². The summed E-state index contributed by atoms with van der Waals surface area (Å²) in [7, 11) is 1.74. The molecule has 0 aliphatic carbocycles. The van der Waals surface area contributed by atoms with Gasteiger partial charge in [-0.25, -0.2) is 4.79 Å². The predicted molar refractivity (Wildman–Crippen MR) is 59.8 cm³/mol. The van der Waals surface area contributed by atoms with Gasteiger partial charge in [-0.2, -0.15) is 0 Å². The van der Waals surface area contributed by atoms with Gasteiger partial charge < -0.3 is 14.7 Å². The Morgan fingerprint density at radius 1 is 1.33 bits per heavy atom. The lowest BCUT2D eigenvalue weighted by Gasteiger charge is -2.17. The number of rotatable bonds is 7. The van der Waals surface area contributed by atoms with Gasteiger partial charge in [0.15, 0.2) is 0 Å². The Bertz CT molecular complexity index is 171. The normalized spacial score (nSPS) is 10.5. The van der Waals surface area contributed by atoms with Crippen LogP contribution in [0.1, 0.15) is 33.1 Å². The maximum Gasteiger partial charge on any atom is 0.409 e. The first kappa shape index (κ1) is 14.2. The maximum absolute atomic E-state index is 11.4. The van der Waals surface area contributed by atoms with E-state index in [0.29, 0.717) is 19.1 Å². The highest BCUT2D eigenvalue weighted by Gasteiger charge is 2.09. The summed E-state index contributed by atoms with van der Waals surface area (Å²) in [4.78, 5) is 12.9. The van der Waals surface area contributed by atoms with Gasteiger partial charge in [-0.3, -0.25) is 0 Å². The third-order valence-electron chi connectivity index (χ3n) is 2.00. The molecule has 0 saturated carbocycles. The van der Waals surface area contributed by atoms with Crippen molar-refractivity contribution >= 4 is 6.09 Å². The number of hydrogen-bond donors (Lipinski definition) is 1. The molecule has 1 amide bonds. The van der Waals surface area contributed by atoms with E-state index in [4.69, 9.17) is 9.84 Å². The monoisotopic (exact) mass is 217 g/mol. The molecule has 0 bridgehead atoms. The summed E-state index contributed by atoms with van der Waals surface area (Å²) in [6, 6.07) is 0. The molecule has 90 valence electrons. The first-order valence-electron chi connectivity index (χ1n) is 5.56. The molecule has 0 fully saturated rings. The zero-order chi connectivity index (χ0) is 11.7. The van der Waals surface area contributed by atoms with E-state index in [9.17, 15) is 4.79 Å². The Kier molecular flexibility index (Phi) is 8.09. The average molecular weight is 217 g/mol. The topological polar surface area (TPSA) is 49.8 Å². The summed E-state index contributed by atoms with van der Waals surface area (Å²) in [5.74, 6) is 0.372. The van der Waals surface area contributed by atoms with Gasteiger partial charge in [-0.1, -0.05) is 13.8 Å². The average Bonchev–Trinajstić information content (AvgIpc) is 2.20. The van der Waals surface area contributed by atoms with Crippen molar-refractivity contribution in [2.24, 2.45) is 5.92 Å². The summed E-state index contributed by atoms with van der Waals surface area (Å²) in [6.45, 7) is 5.40. The van der Waals surface area contributed by atoms with Crippen LogP contribution in [-0.2, 0) is 4.74 Å². The molecule has 0 spiro atoms. The number of unbranched alkanes of at least 4 members (excludes halogenated alkanes) is 2. The Hall–Kier alpha value is -0.770. The molecule has 0 aromatic heterocycles. The molecule has 15 heavy (non-hydrogen) atoms. The number of carbonyl (C=O) groups excluding carboxylic acids is 1. The SMILES string of the molecule is CC(C)COC(=O)N(C)CCCCCO. The van der Waals surface area contributed by atoms with E-state index in [1.54, 1.807) is 11.9 Å². The van der Waals surface area contributed by atoms with E-state index in [0.717, 1.165) is 19.3 Å². The fourth-order valence-corrected chi connectivity index (χ4v) is 1.08. The summed E-state index contributed by atoms with van der Waals surface area (Å²) >= 11 is 0. The predicted octanol–water partition coefficient (Wildman–Crippen LogP) is 1.87. The van der Waals surface area contributed by atoms with E-state index in [-0.39, 0.29) is 12.7 Å². The van der Waals surface area contributed by atoms with Gasteiger partial charge >= 0.3 is 6.09 Å². The Labute approximate surface area is 92.2 Å². The smallest absolute Gasteiger partial charge is 0.409 e. The van der Waals surface area contributed by atoms with Crippen molar-refractivity contribution in [3.8, 4) is 0 Å². The molecule has 0 radical (unpaired) electrons. The minimum absolute atomic E-state index is 0.224. The fraction of sp³-hybridized carbons (Fsp3) is 0.909. The number of nitrogens with zero attached hydrogens (tertiary/aromatic N) is 1. The van der Waals surface area contributed by atoms with E-state index < -0.39 is 0 Å². The summed E-state index contributed by atoms with van der Waals surface area (Å²) in [6.07, 6.45) is 2.40. The van der Waals surface area contributed by atoms with E-state index in [1.807, 2.05) is 13.8 Å². The highest BCUT2D eigenvalue weighted by atomic mass is 16.6. The lowest BCUT2D eigenvalue weighted by molar-refractivity contribution is 0.0993. The standard InChI is InChI=1S/C11H23NO3/c1-10(2)9-15-11(14)12(3)7-5-4-6-8-13/h10,13H,4-9H2,1-3H3. The Balaban J connectivity index is 3.51. The molecule has 0 aliphatic rings. The second kappa shape index (κ2) is 8.53. The first-order chi connectivity index (χ1) is 7.07. The first-order valence-corrected chi connectivity index (χ1v) is 5.56. The van der Waals surface area contributed by atoms with Crippen molar-refractivity contribution in [1.29, 1.82) is 0 Å². The van der Waals surface area contributed by atoms with Crippen molar-refractivity contribution < 1.29 is 14.6 Å². The van der Waals surface area contributed by atoms with Gasteiger partial charge in [0.1, 0.15) is 0 Å². The molecule has 0 rings (SSSR count). The molecular weight excluding hydrogens is 194 g/mol. The van der Waals surface area contributed by atoms with Crippen LogP contribution in [0.15, 0.2) is 0 Å². The van der Waals surface area contributed by atoms with E-state index in [1.165, 1.54) is 0 Å². The Morgan fingerprint density at radius 3 is 2.53 bits per heavy atom. The second-order valence-corrected chi connectivity index (χ2v) is 4.18. The third kappa shape index (κ3) is 8.24. The molecule has 1 N–H and O–H groups in total. The summed E-state index contributed by atoms with van der Waals surface area (Å²) in [5, 5.41) is 8.58. The molecule has 4 nitrogen and oxygen atoms in total. The summed E-state index contributed by atoms with van der Waals surface area (Å²) in [5.41, 5.74) is 0. The van der Waals surface area contributed by atoms with Gasteiger partial charge in [0.2, 0.25) is 0 Å². The highest BCUT2D eigenvalue weighted by molar-refractivity contribution is 5.67. The lowest BCUT2D eigenvalue weighted by Crippen LogP contribution is -2.29. The minimum Gasteiger partial charge on any atom is -0.449 e. The minimum atomic E-state index is -0.257. The van der Waals surface area contributed by atoms with Crippen LogP contribution in [-0.4, -0.2) is 42.9 Å². The van der Waals surface area contributed by atoms with Crippen LogP contribution in [0.5, 0.6) is 0 Å². The van der Waals surface area contributed by atoms with Crippen molar-refractivity contribution in [3.63, 3.8) is 0 Å². The van der Waals surface area contributed by atoms with Gasteiger partial charge in [0, 0.05) is 20.2 Å². The van der Waals surface area contributed by atoms with Crippen molar-refractivity contribution in [1.82, 2.24) is 4.90 Å². The van der Waals surface area contributed by atoms with Crippen LogP contribution in [0.25, 0.3) is 0 Å². The van der Waals surface area contributed by atoms with Crippen molar-refractivity contribution in [2.45, 2.75) is 33.1 Å². The number of hydrogen-bond acceptors (Lipinski definition) is 3. The molecule has 0 saturated heterocycles. The van der Waals surface area contributed by atoms with E-state index in [2.05, 4.69) is 0 Å². The van der Waals surface area contributed by atoms with Crippen molar-refractivity contribution in [3.05, 3.63) is 0 Å². The lowest BCUT2D eigenvalue weighted by atomic mass is 10.2. The summed E-state index contributed by atoms with van der Waals surface area (Å²) < 4.78 is 5.06. The van der Waals surface area contributed by atoms with Crippen LogP contribution in [0.3, 0.4) is 0 Å². The third-order valence-corrected chi connectivity index (χ3v) is 2.00. The Morgan fingerprint density at radius 2 is 2.00 bits per heavy atom. The second-order valence-electron chi connectivity index (χ2n) is 4.18. The number of aliphatic hydroxyl groups is 1. The van der Waals surface area contributed by atoms with Crippen LogP contribution in [0, 0.1) is 5.92 Å². The quantitative estimate of drug-likeness (QED) is 0.662. The van der Waals surface area contributed by atoms with Gasteiger partial charge in [-0.15, -0.1) is 0 Å². The fourth-order valence-electron chi connectivity index (χ4n) is 1.08. The maximum atomic E-state index is 11.4. The molecule has 0 aliphatic heterocycles. The van der Waals surface area contributed by atoms with Crippen molar-refractivity contribution in [2.75, 3.05) is 26.8 Å². The number of aliphatic hydroxyl groups excluding tert-OH is 1. The van der Waals surface area contributed by atoms with Crippen LogP contribution < -0.4 is 0 Å².